The number of ether oxygens (including phenoxy) is 1. The maximum atomic E-state index is 14.1. The van der Waals surface area contributed by atoms with E-state index in [1.807, 2.05) is 0 Å². The normalized spacial score (nSPS) is 16.2. The lowest BCUT2D eigenvalue weighted by molar-refractivity contribution is -0.141. The van der Waals surface area contributed by atoms with Crippen LogP contribution in [0.1, 0.15) is 73.6 Å². The number of carbonyl (C=O) groups excluding carboxylic acids is 3. The third-order valence-electron chi connectivity index (χ3n) is 6.87. The Morgan fingerprint density at radius 3 is 2.47 bits per heavy atom. The van der Waals surface area contributed by atoms with Crippen LogP contribution in [0, 0.1) is 18.3 Å². The van der Waals surface area contributed by atoms with Gasteiger partial charge in [0.1, 0.15) is 17.5 Å². The quantitative estimate of drug-likeness (QED) is 0.334. The van der Waals surface area contributed by atoms with Gasteiger partial charge in [0.2, 0.25) is 5.92 Å². The van der Waals surface area contributed by atoms with Gasteiger partial charge in [-0.15, -0.1) is 0 Å². The van der Waals surface area contributed by atoms with Crippen molar-refractivity contribution in [1.82, 2.24) is 10.3 Å². The molecule has 1 fully saturated rings. The molecule has 0 aliphatic carbocycles. The van der Waals surface area contributed by atoms with Crippen LogP contribution in [0.2, 0.25) is 0 Å². The Balaban J connectivity index is 1.92. The van der Waals surface area contributed by atoms with Gasteiger partial charge in [-0.3, -0.25) is 9.59 Å². The maximum Gasteiger partial charge on any atom is 0.434 e. The Labute approximate surface area is 269 Å². The topological polar surface area (TPSA) is 154 Å². The third-order valence-corrected chi connectivity index (χ3v) is 8.55. The van der Waals surface area contributed by atoms with Gasteiger partial charge >= 0.3 is 12.3 Å². The predicted molar refractivity (Wildman–Crippen MR) is 163 cm³/mol. The highest BCUT2D eigenvalue weighted by atomic mass is 32.2. The van der Waals surface area contributed by atoms with Crippen molar-refractivity contribution in [1.29, 1.82) is 5.26 Å². The summed E-state index contributed by atoms with van der Waals surface area (Å²) in [5.41, 5.74) is -3.94. The van der Waals surface area contributed by atoms with E-state index in [2.05, 4.69) is 20.0 Å². The largest absolute Gasteiger partial charge is 0.444 e. The number of halogens is 5. The lowest BCUT2D eigenvalue weighted by Crippen LogP contribution is -2.33. The van der Waals surface area contributed by atoms with Crippen LogP contribution in [-0.4, -0.2) is 64.5 Å². The number of alkyl carbamates (subject to hydrolysis) is 1. The molecule has 11 nitrogen and oxygen atoms in total. The van der Waals surface area contributed by atoms with E-state index in [1.165, 1.54) is 41.5 Å². The number of nitrogens with zero attached hydrogens (tertiary/aromatic N) is 4. The molecule has 1 atom stereocenters. The molecule has 2 heterocycles. The van der Waals surface area contributed by atoms with E-state index in [0.717, 1.165) is 6.92 Å². The van der Waals surface area contributed by atoms with E-state index in [9.17, 15) is 45.8 Å². The molecule has 256 valence electrons. The second-order valence-corrected chi connectivity index (χ2v) is 14.2. The van der Waals surface area contributed by atoms with Crippen molar-refractivity contribution in [3.05, 3.63) is 46.6 Å². The fraction of sp³-hybridized carbons (Fsp3) is 0.500. The molecular weight excluding hydrogens is 651 g/mol. The first-order valence-electron chi connectivity index (χ1n) is 14.4. The average Bonchev–Trinajstić information content (AvgIpc) is 3.10. The van der Waals surface area contributed by atoms with E-state index in [4.69, 9.17) is 4.74 Å². The highest BCUT2D eigenvalue weighted by Crippen LogP contribution is 2.38. The monoisotopic (exact) mass is 686 g/mol. The van der Waals surface area contributed by atoms with Gasteiger partial charge in [0.25, 0.3) is 11.8 Å². The van der Waals surface area contributed by atoms with Crippen molar-refractivity contribution in [2.75, 3.05) is 36.1 Å². The Hall–Kier alpha value is -4.33. The zero-order chi connectivity index (χ0) is 35.4. The molecule has 47 heavy (non-hydrogen) atoms. The van der Waals surface area contributed by atoms with Gasteiger partial charge in [0.05, 0.1) is 20.9 Å². The van der Waals surface area contributed by atoms with Crippen molar-refractivity contribution in [3.8, 4) is 6.07 Å². The van der Waals surface area contributed by atoms with Crippen LogP contribution in [0.25, 0.3) is 0 Å². The number of rotatable bonds is 7. The van der Waals surface area contributed by atoms with E-state index >= 15 is 0 Å². The Kier molecular flexibility index (Phi) is 11.2. The van der Waals surface area contributed by atoms with Crippen LogP contribution in [0.15, 0.2) is 33.5 Å². The number of aromatic nitrogens is 1. The summed E-state index contributed by atoms with van der Waals surface area (Å²) < 4.78 is 92.2. The standard InChI is InChI=1S/C30H35F5N6O5S/c1-18-21(17-36)24(30(33,34)35)39-25(41-14-7-11-29(31,32)12-15-41)23(18)26(43)38-19-8-6-9-20(16-19)47(5,45)40-22(42)10-13-37-27(44)46-28(2,3)4/h6,8-9,16H,7,10-15H2,1-5H3,(H,37,44)(H,38,43)/t47-/m1/s1. The van der Waals surface area contributed by atoms with Crippen molar-refractivity contribution >= 4 is 39.1 Å². The summed E-state index contributed by atoms with van der Waals surface area (Å²) >= 11 is 0. The van der Waals surface area contributed by atoms with Gasteiger partial charge < -0.3 is 20.3 Å². The Morgan fingerprint density at radius 2 is 1.85 bits per heavy atom. The molecule has 17 heteroatoms. The first-order valence-corrected chi connectivity index (χ1v) is 16.3. The van der Waals surface area contributed by atoms with Crippen LogP contribution >= 0.6 is 0 Å². The number of nitriles is 1. The van der Waals surface area contributed by atoms with Gasteiger partial charge in [0, 0.05) is 55.7 Å². The zero-order valence-corrected chi connectivity index (χ0v) is 27.2. The van der Waals surface area contributed by atoms with E-state index in [-0.39, 0.29) is 48.6 Å². The molecule has 2 N–H and O–H groups in total. The summed E-state index contributed by atoms with van der Waals surface area (Å²) in [4.78, 5) is 42.7. The van der Waals surface area contributed by atoms with E-state index < -0.39 is 80.8 Å². The van der Waals surface area contributed by atoms with Gasteiger partial charge in [-0.25, -0.2) is 22.8 Å². The first-order chi connectivity index (χ1) is 21.6. The summed E-state index contributed by atoms with van der Waals surface area (Å²) in [6, 6.07) is 6.86. The molecule has 3 amide bonds. The summed E-state index contributed by atoms with van der Waals surface area (Å²) in [6.45, 7) is 5.50. The summed E-state index contributed by atoms with van der Waals surface area (Å²) in [7, 11) is -3.37. The number of pyridine rings is 1. The van der Waals surface area contributed by atoms with Gasteiger partial charge in [-0.05, 0) is 57.9 Å². The second-order valence-electron chi connectivity index (χ2n) is 11.9. The van der Waals surface area contributed by atoms with Crippen LogP contribution < -0.4 is 15.5 Å². The minimum atomic E-state index is -5.07. The number of amides is 3. The lowest BCUT2D eigenvalue weighted by Gasteiger charge is -2.27. The molecule has 1 aromatic heterocycles. The number of hydrogen-bond acceptors (Lipinski definition) is 8. The third kappa shape index (κ3) is 10.1. The molecule has 0 spiro atoms. The fourth-order valence-electron chi connectivity index (χ4n) is 4.69. The number of hydrogen-bond donors (Lipinski definition) is 2. The Morgan fingerprint density at radius 1 is 1.17 bits per heavy atom. The Bertz CT molecular complexity index is 1710. The van der Waals surface area contributed by atoms with Crippen molar-refractivity contribution in [3.63, 3.8) is 0 Å². The zero-order valence-electron chi connectivity index (χ0n) is 26.4. The molecule has 0 saturated carbocycles. The SMILES string of the molecule is Cc1c(C#N)c(C(F)(F)F)nc(N2CCCC(F)(F)CC2)c1C(=O)Nc1cccc([S@@](C)(=O)=NC(=O)CCNC(=O)OC(C)(C)C)c1. The molecule has 2 aromatic rings. The van der Waals surface area contributed by atoms with E-state index in [1.54, 1.807) is 20.8 Å². The van der Waals surface area contributed by atoms with Crippen molar-refractivity contribution < 1.29 is 45.3 Å². The molecule has 1 aliphatic heterocycles. The average molecular weight is 687 g/mol. The number of anilines is 2. The minimum Gasteiger partial charge on any atom is -0.444 e. The molecule has 1 saturated heterocycles. The van der Waals surface area contributed by atoms with Crippen LogP contribution in [0.3, 0.4) is 0 Å². The van der Waals surface area contributed by atoms with Gasteiger partial charge in [0.15, 0.2) is 5.69 Å². The highest BCUT2D eigenvalue weighted by Gasteiger charge is 2.40. The summed E-state index contributed by atoms with van der Waals surface area (Å²) in [5.74, 6) is -5.33. The van der Waals surface area contributed by atoms with Crippen molar-refractivity contribution in [2.45, 2.75) is 76.0 Å². The number of benzene rings is 1. The highest BCUT2D eigenvalue weighted by molar-refractivity contribution is 7.93. The summed E-state index contributed by atoms with van der Waals surface area (Å²) in [5, 5.41) is 14.5. The first kappa shape index (κ1) is 37.1. The molecule has 1 aliphatic rings. The predicted octanol–water partition coefficient (Wildman–Crippen LogP) is 6.06. The second kappa shape index (κ2) is 14.2. The number of nitrogens with one attached hydrogen (secondary N) is 2. The van der Waals surface area contributed by atoms with Crippen LogP contribution in [-0.2, 0) is 25.4 Å². The van der Waals surface area contributed by atoms with Gasteiger partial charge in [-0.1, -0.05) is 6.07 Å². The number of carbonyl (C=O) groups is 3. The van der Waals surface area contributed by atoms with E-state index in [0.29, 0.717) is 0 Å². The fourth-order valence-corrected chi connectivity index (χ4v) is 5.95. The molecule has 0 unspecified atom stereocenters. The minimum absolute atomic E-state index is 0.0162. The van der Waals surface area contributed by atoms with Crippen LogP contribution in [0.4, 0.5) is 38.3 Å². The van der Waals surface area contributed by atoms with Crippen LogP contribution in [0.5, 0.6) is 0 Å². The lowest BCUT2D eigenvalue weighted by atomic mass is 10.00. The number of alkyl halides is 5. The maximum absolute atomic E-state index is 14.1. The van der Waals surface area contributed by atoms with Crippen molar-refractivity contribution in [2.24, 2.45) is 4.36 Å². The smallest absolute Gasteiger partial charge is 0.434 e. The summed E-state index contributed by atoms with van der Waals surface area (Å²) in [6.07, 6.45) is -6.18. The molecule has 0 bridgehead atoms. The molecule has 3 rings (SSSR count). The molecule has 1 aromatic carbocycles. The van der Waals surface area contributed by atoms with Gasteiger partial charge in [-0.2, -0.15) is 22.8 Å². The molecule has 0 radical (unpaired) electrons. The molecular formula is C30H35F5N6O5S.